The first-order valence-electron chi connectivity index (χ1n) is 8.80. The molecule has 146 valence electrons. The molecule has 2 aromatic rings. The fraction of sp³-hybridized carbons (Fsp3) is 0.350. The number of anilines is 1. The van der Waals surface area contributed by atoms with E-state index in [4.69, 9.17) is 0 Å². The SMILES string of the molecule is Cc1ccc(N(C)S(=O)(=O)c2cccc(C(=O)NCCCN(C)C)c2)cc1. The van der Waals surface area contributed by atoms with Crippen LogP contribution in [-0.2, 0) is 10.0 Å². The van der Waals surface area contributed by atoms with Gasteiger partial charge < -0.3 is 10.2 Å². The highest BCUT2D eigenvalue weighted by Crippen LogP contribution is 2.23. The number of nitrogens with zero attached hydrogens (tertiary/aromatic N) is 2. The van der Waals surface area contributed by atoms with Gasteiger partial charge in [0.05, 0.1) is 10.6 Å². The molecular formula is C20H27N3O3S. The summed E-state index contributed by atoms with van der Waals surface area (Å²) in [6.45, 7) is 3.35. The van der Waals surface area contributed by atoms with Crippen molar-refractivity contribution in [3.63, 3.8) is 0 Å². The first-order chi connectivity index (χ1) is 12.7. The van der Waals surface area contributed by atoms with E-state index in [1.807, 2.05) is 38.1 Å². The molecule has 0 unspecified atom stereocenters. The van der Waals surface area contributed by atoms with Crippen LogP contribution >= 0.6 is 0 Å². The van der Waals surface area contributed by atoms with Crippen molar-refractivity contribution < 1.29 is 13.2 Å². The summed E-state index contributed by atoms with van der Waals surface area (Å²) in [5.74, 6) is -0.274. The summed E-state index contributed by atoms with van der Waals surface area (Å²) in [7, 11) is 1.70. The van der Waals surface area contributed by atoms with Crippen LogP contribution in [0.3, 0.4) is 0 Å². The Morgan fingerprint density at radius 3 is 2.33 bits per heavy atom. The lowest BCUT2D eigenvalue weighted by Gasteiger charge is -2.20. The molecule has 0 atom stereocenters. The largest absolute Gasteiger partial charge is 0.352 e. The Morgan fingerprint density at radius 1 is 1.04 bits per heavy atom. The van der Waals surface area contributed by atoms with Crippen molar-refractivity contribution in [1.82, 2.24) is 10.2 Å². The number of carbonyl (C=O) groups excluding carboxylic acids is 1. The van der Waals surface area contributed by atoms with Crippen molar-refractivity contribution in [1.29, 1.82) is 0 Å². The van der Waals surface area contributed by atoms with Gasteiger partial charge in [0.1, 0.15) is 0 Å². The molecule has 7 heteroatoms. The van der Waals surface area contributed by atoms with Gasteiger partial charge in [0.2, 0.25) is 0 Å². The smallest absolute Gasteiger partial charge is 0.264 e. The average molecular weight is 390 g/mol. The van der Waals surface area contributed by atoms with Gasteiger partial charge in [0.15, 0.2) is 0 Å². The van der Waals surface area contributed by atoms with E-state index in [0.29, 0.717) is 17.8 Å². The number of nitrogens with one attached hydrogen (secondary N) is 1. The quantitative estimate of drug-likeness (QED) is 0.705. The van der Waals surface area contributed by atoms with Crippen LogP contribution in [0.15, 0.2) is 53.4 Å². The van der Waals surface area contributed by atoms with Crippen LogP contribution in [0.25, 0.3) is 0 Å². The number of aryl methyl sites for hydroxylation is 1. The van der Waals surface area contributed by atoms with Crippen molar-refractivity contribution in [3.8, 4) is 0 Å². The number of amides is 1. The number of sulfonamides is 1. The maximum atomic E-state index is 12.9. The summed E-state index contributed by atoms with van der Waals surface area (Å²) in [6.07, 6.45) is 0.826. The Kier molecular flexibility index (Phi) is 6.98. The lowest BCUT2D eigenvalue weighted by molar-refractivity contribution is 0.0952. The lowest BCUT2D eigenvalue weighted by Crippen LogP contribution is -2.28. The lowest BCUT2D eigenvalue weighted by atomic mass is 10.2. The molecule has 0 aliphatic carbocycles. The fourth-order valence-corrected chi connectivity index (χ4v) is 3.79. The van der Waals surface area contributed by atoms with Gasteiger partial charge in [0, 0.05) is 19.2 Å². The molecule has 0 fully saturated rings. The van der Waals surface area contributed by atoms with Gasteiger partial charge in [-0.25, -0.2) is 8.42 Å². The van der Waals surface area contributed by atoms with Crippen molar-refractivity contribution >= 4 is 21.6 Å². The number of hydrogen-bond donors (Lipinski definition) is 1. The molecule has 0 aromatic heterocycles. The second-order valence-corrected chi connectivity index (χ2v) is 8.72. The van der Waals surface area contributed by atoms with Crippen molar-refractivity contribution in [3.05, 3.63) is 59.7 Å². The maximum Gasteiger partial charge on any atom is 0.264 e. The third-order valence-electron chi connectivity index (χ3n) is 4.22. The summed E-state index contributed by atoms with van der Waals surface area (Å²) >= 11 is 0. The highest BCUT2D eigenvalue weighted by atomic mass is 32.2. The predicted octanol–water partition coefficient (Wildman–Crippen LogP) is 2.50. The molecule has 0 spiro atoms. The molecule has 0 saturated carbocycles. The van der Waals surface area contributed by atoms with Gasteiger partial charge in [0.25, 0.3) is 15.9 Å². The molecule has 0 heterocycles. The Labute approximate surface area is 161 Å². The summed E-state index contributed by atoms with van der Waals surface area (Å²) in [6, 6.07) is 13.4. The van der Waals surface area contributed by atoms with E-state index in [1.54, 1.807) is 24.3 Å². The third-order valence-corrected chi connectivity index (χ3v) is 6.00. The molecule has 0 bridgehead atoms. The van der Waals surface area contributed by atoms with Crippen molar-refractivity contribution in [2.45, 2.75) is 18.2 Å². The number of benzene rings is 2. The molecule has 2 aromatic carbocycles. The van der Waals surface area contributed by atoms with E-state index in [9.17, 15) is 13.2 Å². The highest BCUT2D eigenvalue weighted by molar-refractivity contribution is 7.92. The summed E-state index contributed by atoms with van der Waals surface area (Å²) in [5.41, 5.74) is 1.95. The second-order valence-electron chi connectivity index (χ2n) is 6.75. The molecule has 1 amide bonds. The molecule has 2 rings (SSSR count). The Bertz CT molecular complexity index is 878. The maximum absolute atomic E-state index is 12.9. The van der Waals surface area contributed by atoms with Gasteiger partial charge in [-0.05, 0) is 64.3 Å². The minimum absolute atomic E-state index is 0.0894. The number of hydrogen-bond acceptors (Lipinski definition) is 4. The third kappa shape index (κ3) is 5.55. The van der Waals surface area contributed by atoms with E-state index < -0.39 is 10.0 Å². The minimum Gasteiger partial charge on any atom is -0.352 e. The number of rotatable bonds is 8. The van der Waals surface area contributed by atoms with Crippen LogP contribution in [0.1, 0.15) is 22.3 Å². The van der Waals surface area contributed by atoms with Crippen LogP contribution in [0, 0.1) is 6.92 Å². The first kappa shape index (κ1) is 20.9. The predicted molar refractivity (Wildman–Crippen MR) is 109 cm³/mol. The average Bonchev–Trinajstić information content (AvgIpc) is 2.65. The Morgan fingerprint density at radius 2 is 1.70 bits per heavy atom. The zero-order valence-electron chi connectivity index (χ0n) is 16.3. The van der Waals surface area contributed by atoms with E-state index in [-0.39, 0.29) is 10.8 Å². The zero-order valence-corrected chi connectivity index (χ0v) is 17.1. The molecule has 0 aliphatic heterocycles. The second kappa shape index (κ2) is 9.01. The molecule has 6 nitrogen and oxygen atoms in total. The van der Waals surface area contributed by atoms with Crippen LogP contribution in [0.4, 0.5) is 5.69 Å². The normalized spacial score (nSPS) is 11.4. The van der Waals surface area contributed by atoms with E-state index in [0.717, 1.165) is 18.5 Å². The van der Waals surface area contributed by atoms with Crippen LogP contribution < -0.4 is 9.62 Å². The molecule has 27 heavy (non-hydrogen) atoms. The number of carbonyl (C=O) groups is 1. The van der Waals surface area contributed by atoms with E-state index >= 15 is 0 Å². The van der Waals surface area contributed by atoms with Crippen LogP contribution in [0.2, 0.25) is 0 Å². The zero-order chi connectivity index (χ0) is 20.0. The molecular weight excluding hydrogens is 362 g/mol. The fourth-order valence-electron chi connectivity index (χ4n) is 2.55. The van der Waals surface area contributed by atoms with Crippen LogP contribution in [0.5, 0.6) is 0 Å². The molecule has 1 N–H and O–H groups in total. The molecule has 0 aliphatic rings. The van der Waals surface area contributed by atoms with Gasteiger partial charge in [-0.3, -0.25) is 9.10 Å². The first-order valence-corrected chi connectivity index (χ1v) is 10.2. The Balaban J connectivity index is 2.15. The van der Waals surface area contributed by atoms with E-state index in [2.05, 4.69) is 5.32 Å². The topological polar surface area (TPSA) is 69.7 Å². The van der Waals surface area contributed by atoms with Crippen LogP contribution in [-0.4, -0.2) is 53.5 Å². The van der Waals surface area contributed by atoms with Gasteiger partial charge in [-0.1, -0.05) is 23.8 Å². The van der Waals surface area contributed by atoms with Crippen molar-refractivity contribution in [2.24, 2.45) is 0 Å². The molecule has 0 radical (unpaired) electrons. The van der Waals surface area contributed by atoms with Crippen molar-refractivity contribution in [2.75, 3.05) is 38.5 Å². The standard InChI is InChI=1S/C20H27N3O3S/c1-16-9-11-18(12-10-16)23(4)27(25,26)19-8-5-7-17(15-19)20(24)21-13-6-14-22(2)3/h5,7-12,15H,6,13-14H2,1-4H3,(H,21,24). The van der Waals surface area contributed by atoms with Gasteiger partial charge in [-0.15, -0.1) is 0 Å². The highest BCUT2D eigenvalue weighted by Gasteiger charge is 2.22. The Hall–Kier alpha value is -2.38. The summed E-state index contributed by atoms with van der Waals surface area (Å²) < 4.78 is 27.1. The van der Waals surface area contributed by atoms with E-state index in [1.165, 1.54) is 23.5 Å². The minimum atomic E-state index is -3.75. The van der Waals surface area contributed by atoms with Gasteiger partial charge >= 0.3 is 0 Å². The van der Waals surface area contributed by atoms with Gasteiger partial charge in [-0.2, -0.15) is 0 Å². The molecule has 0 saturated heterocycles. The monoisotopic (exact) mass is 389 g/mol. The summed E-state index contributed by atoms with van der Waals surface area (Å²) in [5, 5.41) is 2.83. The summed E-state index contributed by atoms with van der Waals surface area (Å²) in [4.78, 5) is 14.4.